The molecule has 0 amide bonds. The van der Waals surface area contributed by atoms with Crippen LogP contribution in [0.4, 0.5) is 0 Å². The van der Waals surface area contributed by atoms with Gasteiger partial charge in [0.2, 0.25) is 5.82 Å². The van der Waals surface area contributed by atoms with Crippen LogP contribution in [-0.2, 0) is 4.79 Å². The lowest BCUT2D eigenvalue weighted by molar-refractivity contribution is -0.141. The van der Waals surface area contributed by atoms with Crippen molar-refractivity contribution in [1.29, 1.82) is 0 Å². The smallest absolute Gasteiger partial charge is 0.328 e. The number of nitrogens with one attached hydrogen (secondary N) is 1. The fraction of sp³-hybridized carbons (Fsp3) is 0.318. The Balaban J connectivity index is 1.66. The highest BCUT2D eigenvalue weighted by Crippen LogP contribution is 2.32. The third-order valence-corrected chi connectivity index (χ3v) is 5.28. The second-order valence-corrected chi connectivity index (χ2v) is 7.37. The predicted molar refractivity (Wildman–Crippen MR) is 114 cm³/mol. The number of hydrogen-bond donors (Lipinski definition) is 2. The maximum atomic E-state index is 11.8. The lowest BCUT2D eigenvalue weighted by Crippen LogP contribution is -2.19. The van der Waals surface area contributed by atoms with E-state index < -0.39 is 12.0 Å². The molecule has 30 heavy (non-hydrogen) atoms. The molecule has 2 aromatic carbocycles. The molecule has 4 rings (SSSR count). The maximum absolute atomic E-state index is 11.8. The second kappa shape index (κ2) is 8.86. The van der Waals surface area contributed by atoms with Crippen LogP contribution < -0.4 is 0 Å². The molecule has 0 spiro atoms. The van der Waals surface area contributed by atoms with Gasteiger partial charge in [0.1, 0.15) is 6.04 Å². The number of tetrazole rings is 1. The van der Waals surface area contributed by atoms with E-state index in [9.17, 15) is 9.90 Å². The highest BCUT2D eigenvalue weighted by molar-refractivity contribution is 5.88. The summed E-state index contributed by atoms with van der Waals surface area (Å²) >= 11 is 0. The summed E-state index contributed by atoms with van der Waals surface area (Å²) in [4.78, 5) is 11.8. The van der Waals surface area contributed by atoms with E-state index in [1.807, 2.05) is 48.7 Å². The van der Waals surface area contributed by atoms with E-state index in [1.165, 1.54) is 0 Å². The van der Waals surface area contributed by atoms with Crippen LogP contribution in [0.1, 0.15) is 45.1 Å². The standard InChI is InChI=1S/C22H24N6O2/c1-2-3-4-5-10-20(22(29)30)28-14-16-13-15(11-12-19(16)25-28)17-8-6-7-9-18(17)21-23-26-27-24-21/h6-9,11-14,20H,2-5,10H2,1H3,(H,29,30)(H,23,24,26,27). The van der Waals surface area contributed by atoms with Gasteiger partial charge in [-0.25, -0.2) is 4.79 Å². The summed E-state index contributed by atoms with van der Waals surface area (Å²) < 4.78 is 1.59. The van der Waals surface area contributed by atoms with Crippen LogP contribution in [0.2, 0.25) is 0 Å². The number of hydrogen-bond acceptors (Lipinski definition) is 5. The summed E-state index contributed by atoms with van der Waals surface area (Å²) in [5, 5.41) is 29.5. The van der Waals surface area contributed by atoms with Crippen molar-refractivity contribution in [3.8, 4) is 22.5 Å². The highest BCUT2D eigenvalue weighted by Gasteiger charge is 2.21. The number of rotatable bonds is 9. The molecule has 0 aliphatic carbocycles. The number of benzene rings is 2. The van der Waals surface area contributed by atoms with Gasteiger partial charge in [0.05, 0.1) is 5.52 Å². The molecule has 2 heterocycles. The van der Waals surface area contributed by atoms with Gasteiger partial charge in [-0.3, -0.25) is 4.68 Å². The number of H-pyrrole nitrogens is 1. The highest BCUT2D eigenvalue weighted by atomic mass is 16.4. The lowest BCUT2D eigenvalue weighted by atomic mass is 9.98. The number of nitrogens with zero attached hydrogens (tertiary/aromatic N) is 5. The first-order chi connectivity index (χ1) is 14.7. The molecule has 0 fully saturated rings. The van der Waals surface area contributed by atoms with Crippen molar-refractivity contribution < 1.29 is 9.90 Å². The molecule has 1 atom stereocenters. The van der Waals surface area contributed by atoms with Gasteiger partial charge in [0.15, 0.2) is 0 Å². The molecular weight excluding hydrogens is 380 g/mol. The first-order valence-electron chi connectivity index (χ1n) is 10.2. The third kappa shape index (κ3) is 4.07. The molecule has 154 valence electrons. The lowest BCUT2D eigenvalue weighted by Gasteiger charge is -2.12. The summed E-state index contributed by atoms with van der Waals surface area (Å²) in [5.41, 5.74) is 3.60. The van der Waals surface area contributed by atoms with Gasteiger partial charge in [0, 0.05) is 17.1 Å². The van der Waals surface area contributed by atoms with Gasteiger partial charge in [-0.2, -0.15) is 10.3 Å². The Labute approximate surface area is 173 Å². The van der Waals surface area contributed by atoms with E-state index in [0.717, 1.165) is 53.3 Å². The van der Waals surface area contributed by atoms with Gasteiger partial charge in [-0.05, 0) is 34.9 Å². The number of aromatic amines is 1. The second-order valence-electron chi connectivity index (χ2n) is 7.37. The SMILES string of the molecule is CCCCCCC(C(=O)O)n1cc2cc(-c3ccccc3-c3nn[nH]n3)ccc2n1. The van der Waals surface area contributed by atoms with Gasteiger partial charge >= 0.3 is 5.97 Å². The monoisotopic (exact) mass is 404 g/mol. The average molecular weight is 404 g/mol. The van der Waals surface area contributed by atoms with E-state index in [-0.39, 0.29) is 0 Å². The van der Waals surface area contributed by atoms with Crippen molar-refractivity contribution in [3.63, 3.8) is 0 Å². The van der Waals surface area contributed by atoms with Crippen molar-refractivity contribution in [2.45, 2.75) is 45.1 Å². The molecule has 0 saturated heterocycles. The van der Waals surface area contributed by atoms with Crippen molar-refractivity contribution in [2.24, 2.45) is 0 Å². The molecular formula is C22H24N6O2. The molecule has 4 aromatic rings. The Morgan fingerprint density at radius 2 is 1.97 bits per heavy atom. The van der Waals surface area contributed by atoms with Crippen molar-refractivity contribution >= 4 is 16.9 Å². The normalized spacial score (nSPS) is 12.3. The minimum Gasteiger partial charge on any atom is -0.480 e. The Kier molecular flexibility index (Phi) is 5.83. The number of fused-ring (bicyclic) bond motifs is 1. The zero-order chi connectivity index (χ0) is 20.9. The van der Waals surface area contributed by atoms with E-state index in [0.29, 0.717) is 12.2 Å². The quantitative estimate of drug-likeness (QED) is 0.398. The number of aliphatic carboxylic acids is 1. The number of carboxylic acid groups (broad SMARTS) is 1. The number of carboxylic acids is 1. The van der Waals surface area contributed by atoms with Crippen molar-refractivity contribution in [2.75, 3.05) is 0 Å². The average Bonchev–Trinajstić information content (AvgIpc) is 3.43. The van der Waals surface area contributed by atoms with Gasteiger partial charge in [0.25, 0.3) is 0 Å². The van der Waals surface area contributed by atoms with E-state index in [2.05, 4.69) is 32.6 Å². The van der Waals surface area contributed by atoms with Crippen LogP contribution in [0.3, 0.4) is 0 Å². The van der Waals surface area contributed by atoms with Crippen LogP contribution in [0.5, 0.6) is 0 Å². The molecule has 2 aromatic heterocycles. The van der Waals surface area contributed by atoms with Gasteiger partial charge in [-0.15, -0.1) is 10.2 Å². The minimum atomic E-state index is -0.845. The maximum Gasteiger partial charge on any atom is 0.328 e. The minimum absolute atomic E-state index is 0.527. The molecule has 2 N–H and O–H groups in total. The van der Waals surface area contributed by atoms with Crippen molar-refractivity contribution in [3.05, 3.63) is 48.7 Å². The fourth-order valence-electron chi connectivity index (χ4n) is 3.71. The number of aromatic nitrogens is 6. The van der Waals surface area contributed by atoms with E-state index in [1.54, 1.807) is 4.68 Å². The number of unbranched alkanes of at least 4 members (excludes halogenated alkanes) is 3. The predicted octanol–water partition coefficient (Wildman–Crippen LogP) is 4.48. The van der Waals surface area contributed by atoms with E-state index in [4.69, 9.17) is 0 Å². The summed E-state index contributed by atoms with van der Waals surface area (Å²) in [5.74, 6) is -0.318. The molecule has 0 saturated carbocycles. The molecule has 0 bridgehead atoms. The summed E-state index contributed by atoms with van der Waals surface area (Å²) in [6, 6.07) is 13.1. The fourth-order valence-corrected chi connectivity index (χ4v) is 3.71. The largest absolute Gasteiger partial charge is 0.480 e. The Morgan fingerprint density at radius 1 is 1.13 bits per heavy atom. The Hall–Kier alpha value is -3.55. The van der Waals surface area contributed by atoms with Gasteiger partial charge in [-0.1, -0.05) is 62.9 Å². The van der Waals surface area contributed by atoms with Crippen LogP contribution in [-0.4, -0.2) is 41.5 Å². The Bertz CT molecular complexity index is 1140. The first kappa shape index (κ1) is 19.8. The topological polar surface area (TPSA) is 110 Å². The summed E-state index contributed by atoms with van der Waals surface area (Å²) in [6.07, 6.45) is 6.57. The zero-order valence-electron chi connectivity index (χ0n) is 16.8. The molecule has 8 nitrogen and oxygen atoms in total. The zero-order valence-corrected chi connectivity index (χ0v) is 16.8. The van der Waals surface area contributed by atoms with Crippen LogP contribution in [0.25, 0.3) is 33.4 Å². The third-order valence-electron chi connectivity index (χ3n) is 5.28. The first-order valence-corrected chi connectivity index (χ1v) is 10.2. The molecule has 0 radical (unpaired) electrons. The van der Waals surface area contributed by atoms with Crippen LogP contribution >= 0.6 is 0 Å². The van der Waals surface area contributed by atoms with Crippen LogP contribution in [0.15, 0.2) is 48.7 Å². The van der Waals surface area contributed by atoms with Crippen molar-refractivity contribution in [1.82, 2.24) is 30.4 Å². The molecule has 0 aliphatic heterocycles. The molecule has 8 heteroatoms. The molecule has 1 unspecified atom stereocenters. The number of carbonyl (C=O) groups is 1. The van der Waals surface area contributed by atoms with Crippen LogP contribution in [0, 0.1) is 0 Å². The summed E-state index contributed by atoms with van der Waals surface area (Å²) in [6.45, 7) is 2.14. The van der Waals surface area contributed by atoms with Gasteiger partial charge < -0.3 is 5.11 Å². The summed E-state index contributed by atoms with van der Waals surface area (Å²) in [7, 11) is 0. The molecule has 0 aliphatic rings. The van der Waals surface area contributed by atoms with E-state index >= 15 is 0 Å². The Morgan fingerprint density at radius 3 is 2.70 bits per heavy atom.